The van der Waals surface area contributed by atoms with E-state index < -0.39 is 22.8 Å². The summed E-state index contributed by atoms with van der Waals surface area (Å²) in [5, 5.41) is 5.23. The molecule has 2 aromatic heterocycles. The zero-order valence-corrected chi connectivity index (χ0v) is 17.3. The predicted octanol–water partition coefficient (Wildman–Crippen LogP) is 6.55. The van der Waals surface area contributed by atoms with E-state index >= 15 is 0 Å². The Morgan fingerprint density at radius 2 is 1.81 bits per heavy atom. The van der Waals surface area contributed by atoms with Crippen LogP contribution < -0.4 is 15.4 Å². The van der Waals surface area contributed by atoms with Crippen molar-refractivity contribution in [2.45, 2.75) is 6.18 Å². The van der Waals surface area contributed by atoms with Gasteiger partial charge in [-0.3, -0.25) is 0 Å². The van der Waals surface area contributed by atoms with Crippen molar-refractivity contribution in [2.24, 2.45) is 0 Å². The van der Waals surface area contributed by atoms with Gasteiger partial charge in [-0.25, -0.2) is 9.78 Å². The minimum Gasteiger partial charge on any atom is -0.497 e. The number of fused-ring (bicyclic) bond motifs is 1. The minimum absolute atomic E-state index is 0.0440. The van der Waals surface area contributed by atoms with Crippen molar-refractivity contribution in [1.82, 2.24) is 9.97 Å². The molecule has 0 bridgehead atoms. The molecule has 2 heterocycles. The SMILES string of the molecule is COc1ccc(-c2cc3c(NC(=O)Nc4ccc(Cl)c(C(F)(F)F)c4)ccnc3[nH]2)cc1. The van der Waals surface area contributed by atoms with E-state index in [4.69, 9.17) is 16.3 Å². The number of pyridine rings is 1. The summed E-state index contributed by atoms with van der Waals surface area (Å²) in [6.45, 7) is 0. The number of nitrogens with zero attached hydrogens (tertiary/aromatic N) is 1. The number of benzene rings is 2. The number of nitrogens with one attached hydrogen (secondary N) is 3. The molecule has 4 rings (SSSR count). The van der Waals surface area contributed by atoms with Crippen LogP contribution in [0.1, 0.15) is 5.56 Å². The van der Waals surface area contributed by atoms with Crippen LogP contribution in [-0.4, -0.2) is 23.1 Å². The number of H-pyrrole nitrogens is 1. The molecule has 0 aliphatic rings. The Bertz CT molecular complexity index is 1290. The maximum absolute atomic E-state index is 13.0. The number of alkyl halides is 3. The van der Waals surface area contributed by atoms with Gasteiger partial charge in [-0.1, -0.05) is 11.6 Å². The maximum Gasteiger partial charge on any atom is 0.417 e. The smallest absolute Gasteiger partial charge is 0.417 e. The number of carbonyl (C=O) groups excluding carboxylic acids is 1. The van der Waals surface area contributed by atoms with E-state index in [9.17, 15) is 18.0 Å². The lowest BCUT2D eigenvalue weighted by molar-refractivity contribution is -0.137. The van der Waals surface area contributed by atoms with Crippen LogP contribution in [0.5, 0.6) is 5.75 Å². The van der Waals surface area contributed by atoms with Gasteiger partial charge in [0, 0.05) is 23.0 Å². The highest BCUT2D eigenvalue weighted by molar-refractivity contribution is 6.31. The van der Waals surface area contributed by atoms with Crippen LogP contribution in [0.25, 0.3) is 22.3 Å². The Morgan fingerprint density at radius 3 is 2.50 bits per heavy atom. The van der Waals surface area contributed by atoms with Gasteiger partial charge in [-0.05, 0) is 60.2 Å². The molecule has 0 fully saturated rings. The summed E-state index contributed by atoms with van der Waals surface area (Å²) in [5.41, 5.74) is 1.57. The summed E-state index contributed by atoms with van der Waals surface area (Å²) in [7, 11) is 1.58. The summed E-state index contributed by atoms with van der Waals surface area (Å²) < 4.78 is 44.3. The number of rotatable bonds is 4. The Kier molecular flexibility index (Phi) is 5.67. The molecule has 4 aromatic rings. The number of ether oxygens (including phenoxy) is 1. The normalized spacial score (nSPS) is 11.4. The number of halogens is 4. The van der Waals surface area contributed by atoms with Crippen LogP contribution in [-0.2, 0) is 6.18 Å². The topological polar surface area (TPSA) is 79.0 Å². The van der Waals surface area contributed by atoms with Crippen LogP contribution in [0.4, 0.5) is 29.3 Å². The van der Waals surface area contributed by atoms with Gasteiger partial charge in [0.05, 0.1) is 23.4 Å². The summed E-state index contributed by atoms with van der Waals surface area (Å²) in [6, 6.07) is 13.3. The molecule has 0 unspecified atom stereocenters. The van der Waals surface area contributed by atoms with Gasteiger partial charge in [0.2, 0.25) is 0 Å². The number of aromatic amines is 1. The predicted molar refractivity (Wildman–Crippen MR) is 117 cm³/mol. The number of carbonyl (C=O) groups is 1. The van der Waals surface area contributed by atoms with E-state index in [-0.39, 0.29) is 5.69 Å². The fourth-order valence-corrected chi connectivity index (χ4v) is 3.39. The lowest BCUT2D eigenvalue weighted by Gasteiger charge is -2.12. The van der Waals surface area contributed by atoms with Crippen molar-refractivity contribution < 1.29 is 22.7 Å². The van der Waals surface area contributed by atoms with Crippen molar-refractivity contribution in [3.63, 3.8) is 0 Å². The summed E-state index contributed by atoms with van der Waals surface area (Å²) in [4.78, 5) is 19.9. The zero-order chi connectivity index (χ0) is 22.9. The number of amides is 2. The third-order valence-electron chi connectivity index (χ3n) is 4.71. The van der Waals surface area contributed by atoms with Crippen LogP contribution >= 0.6 is 11.6 Å². The number of hydrogen-bond donors (Lipinski definition) is 3. The molecule has 10 heteroatoms. The van der Waals surface area contributed by atoms with Crippen molar-refractivity contribution in [3.05, 3.63) is 71.4 Å². The van der Waals surface area contributed by atoms with E-state index in [1.165, 1.54) is 12.3 Å². The molecule has 3 N–H and O–H groups in total. The fraction of sp³-hybridized carbons (Fsp3) is 0.0909. The first-order valence-electron chi connectivity index (χ1n) is 9.31. The second-order valence-corrected chi connectivity index (χ2v) is 7.21. The third-order valence-corrected chi connectivity index (χ3v) is 5.04. The molecule has 2 amide bonds. The molecule has 0 aliphatic heterocycles. The van der Waals surface area contributed by atoms with Crippen molar-refractivity contribution in [2.75, 3.05) is 17.7 Å². The van der Waals surface area contributed by atoms with E-state index in [1.54, 1.807) is 13.2 Å². The highest BCUT2D eigenvalue weighted by Gasteiger charge is 2.33. The van der Waals surface area contributed by atoms with Gasteiger partial charge < -0.3 is 20.4 Å². The van der Waals surface area contributed by atoms with Gasteiger partial charge >= 0.3 is 12.2 Å². The summed E-state index contributed by atoms with van der Waals surface area (Å²) in [6.07, 6.45) is -3.12. The van der Waals surface area contributed by atoms with E-state index in [0.29, 0.717) is 16.7 Å². The Hall–Kier alpha value is -3.72. The second-order valence-electron chi connectivity index (χ2n) is 6.80. The van der Waals surface area contributed by atoms with Gasteiger partial charge in [0.1, 0.15) is 11.4 Å². The number of hydrogen-bond acceptors (Lipinski definition) is 3. The van der Waals surface area contributed by atoms with Gasteiger partial charge in [0.25, 0.3) is 0 Å². The Balaban J connectivity index is 1.56. The summed E-state index contributed by atoms with van der Waals surface area (Å²) in [5.74, 6) is 0.720. The molecule has 0 saturated heterocycles. The lowest BCUT2D eigenvalue weighted by atomic mass is 10.1. The van der Waals surface area contributed by atoms with Crippen LogP contribution in [0.3, 0.4) is 0 Å². The number of methoxy groups -OCH3 is 1. The average molecular weight is 461 g/mol. The highest BCUT2D eigenvalue weighted by atomic mass is 35.5. The highest BCUT2D eigenvalue weighted by Crippen LogP contribution is 2.36. The fourth-order valence-electron chi connectivity index (χ4n) is 3.17. The molecular formula is C22H16ClF3N4O2. The van der Waals surface area contributed by atoms with Crippen molar-refractivity contribution in [1.29, 1.82) is 0 Å². The van der Waals surface area contributed by atoms with Crippen molar-refractivity contribution >= 4 is 40.0 Å². The monoisotopic (exact) mass is 460 g/mol. The maximum atomic E-state index is 13.0. The first-order valence-corrected chi connectivity index (χ1v) is 9.69. The Labute approximate surface area is 185 Å². The van der Waals surface area contributed by atoms with E-state index in [1.807, 2.05) is 30.3 Å². The van der Waals surface area contributed by atoms with Gasteiger partial charge in [-0.15, -0.1) is 0 Å². The Morgan fingerprint density at radius 1 is 1.06 bits per heavy atom. The van der Waals surface area contributed by atoms with E-state index in [2.05, 4.69) is 20.6 Å². The quantitative estimate of drug-likeness (QED) is 0.323. The van der Waals surface area contributed by atoms with Crippen LogP contribution in [0.2, 0.25) is 5.02 Å². The molecule has 0 atom stereocenters. The first-order chi connectivity index (χ1) is 15.2. The average Bonchev–Trinajstić information content (AvgIpc) is 3.20. The second kappa shape index (κ2) is 8.43. The standard InChI is InChI=1S/C22H16ClF3N4O2/c1-32-14-5-2-12(3-6-14)19-11-15-18(8-9-27-20(15)29-19)30-21(31)28-13-4-7-17(23)16(10-13)22(24,25)26/h2-11H,1H3,(H3,27,28,29,30,31). The molecular weight excluding hydrogens is 445 g/mol. The molecule has 0 saturated carbocycles. The van der Waals surface area contributed by atoms with E-state index in [0.717, 1.165) is 29.1 Å². The molecule has 0 radical (unpaired) electrons. The minimum atomic E-state index is -4.63. The number of anilines is 2. The summed E-state index contributed by atoms with van der Waals surface area (Å²) >= 11 is 5.62. The number of aromatic nitrogens is 2. The third kappa shape index (κ3) is 4.47. The molecule has 164 valence electrons. The van der Waals surface area contributed by atoms with Crippen LogP contribution in [0.15, 0.2) is 60.8 Å². The van der Waals surface area contributed by atoms with Crippen molar-refractivity contribution in [3.8, 4) is 17.0 Å². The first kappa shape index (κ1) is 21.5. The molecule has 0 spiro atoms. The molecule has 6 nitrogen and oxygen atoms in total. The molecule has 2 aromatic carbocycles. The van der Waals surface area contributed by atoms with Gasteiger partial charge in [0.15, 0.2) is 0 Å². The van der Waals surface area contributed by atoms with Crippen LogP contribution in [0, 0.1) is 0 Å². The molecule has 0 aliphatic carbocycles. The number of urea groups is 1. The lowest BCUT2D eigenvalue weighted by Crippen LogP contribution is -2.20. The molecule has 32 heavy (non-hydrogen) atoms. The zero-order valence-electron chi connectivity index (χ0n) is 16.5. The largest absolute Gasteiger partial charge is 0.497 e. The van der Waals surface area contributed by atoms with Gasteiger partial charge in [-0.2, -0.15) is 13.2 Å².